The normalized spacial score (nSPS) is 20.2. The summed E-state index contributed by atoms with van der Waals surface area (Å²) < 4.78 is 0. The fraction of sp³-hybridized carbons (Fsp3) is 0.385. The molecule has 1 aliphatic carbocycles. The first kappa shape index (κ1) is 10.7. The number of Topliss-reactive ketones (excluding diaryl/α,β-unsaturated/α-hetero) is 1. The van der Waals surface area contributed by atoms with Crippen LogP contribution >= 0.6 is 0 Å². The van der Waals surface area contributed by atoms with E-state index in [1.54, 1.807) is 12.1 Å². The second-order valence-electron chi connectivity index (χ2n) is 4.17. The number of ketones is 1. The highest BCUT2D eigenvalue weighted by Gasteiger charge is 2.18. The number of carbonyl (C=O) groups is 1. The molecule has 1 aromatic carbocycles. The van der Waals surface area contributed by atoms with Gasteiger partial charge in [-0.15, -0.1) is 0 Å². The van der Waals surface area contributed by atoms with Crippen LogP contribution in [-0.2, 0) is 4.79 Å². The molecule has 0 spiro atoms. The van der Waals surface area contributed by atoms with E-state index < -0.39 is 0 Å². The number of nitrogens with zero attached hydrogens (tertiary/aromatic N) is 1. The van der Waals surface area contributed by atoms with Crippen LogP contribution in [-0.4, -0.2) is 11.8 Å². The van der Waals surface area contributed by atoms with Gasteiger partial charge in [0.25, 0.3) is 0 Å². The number of nitriles is 1. The average molecular weight is 214 g/mol. The zero-order valence-electron chi connectivity index (χ0n) is 9.07. The van der Waals surface area contributed by atoms with E-state index in [9.17, 15) is 4.79 Å². The van der Waals surface area contributed by atoms with Crippen molar-refractivity contribution in [1.82, 2.24) is 0 Å². The molecule has 3 heteroatoms. The van der Waals surface area contributed by atoms with Gasteiger partial charge in [0, 0.05) is 24.6 Å². The van der Waals surface area contributed by atoms with Gasteiger partial charge in [0.2, 0.25) is 0 Å². The molecule has 0 heterocycles. The van der Waals surface area contributed by atoms with Crippen LogP contribution in [0, 0.1) is 11.3 Å². The van der Waals surface area contributed by atoms with E-state index in [1.165, 1.54) is 0 Å². The van der Waals surface area contributed by atoms with Gasteiger partial charge in [0.15, 0.2) is 0 Å². The van der Waals surface area contributed by atoms with Crippen LogP contribution in [0.25, 0.3) is 0 Å². The molecule has 0 amide bonds. The molecule has 1 atom stereocenters. The van der Waals surface area contributed by atoms with Crippen molar-refractivity contribution in [3.05, 3.63) is 29.8 Å². The third-order valence-corrected chi connectivity index (χ3v) is 2.87. The van der Waals surface area contributed by atoms with E-state index in [-0.39, 0.29) is 6.04 Å². The van der Waals surface area contributed by atoms with Crippen molar-refractivity contribution in [1.29, 1.82) is 5.26 Å². The van der Waals surface area contributed by atoms with Crippen LogP contribution in [0.2, 0.25) is 0 Å². The van der Waals surface area contributed by atoms with Crippen molar-refractivity contribution in [2.45, 2.75) is 31.7 Å². The number of anilines is 1. The van der Waals surface area contributed by atoms with E-state index in [1.807, 2.05) is 12.1 Å². The molecule has 82 valence electrons. The van der Waals surface area contributed by atoms with Gasteiger partial charge in [0.05, 0.1) is 11.6 Å². The minimum atomic E-state index is 0.259. The summed E-state index contributed by atoms with van der Waals surface area (Å²) in [5.74, 6) is 0.345. The second-order valence-corrected chi connectivity index (χ2v) is 4.17. The van der Waals surface area contributed by atoms with Crippen molar-refractivity contribution in [2.75, 3.05) is 5.32 Å². The third-order valence-electron chi connectivity index (χ3n) is 2.87. The molecule has 16 heavy (non-hydrogen) atoms. The number of rotatable bonds is 2. The Morgan fingerprint density at radius 1 is 1.31 bits per heavy atom. The number of carbonyl (C=O) groups excluding carboxylic acids is 1. The molecule has 2 rings (SSSR count). The van der Waals surface area contributed by atoms with E-state index >= 15 is 0 Å². The molecule has 1 aliphatic rings. The lowest BCUT2D eigenvalue weighted by atomic mass is 9.94. The number of nitrogens with one attached hydrogen (secondary N) is 1. The summed E-state index contributed by atoms with van der Waals surface area (Å²) in [5.41, 5.74) is 1.64. The standard InChI is InChI=1S/C13H14N2O/c14-9-10-4-6-11(7-5-10)15-12-2-1-3-13(16)8-12/h4-7,12,15H,1-3,8H2. The summed E-state index contributed by atoms with van der Waals surface area (Å²) in [5, 5.41) is 12.0. The maximum Gasteiger partial charge on any atom is 0.134 e. The zero-order chi connectivity index (χ0) is 11.4. The molecule has 1 unspecified atom stereocenters. The maximum atomic E-state index is 11.3. The third kappa shape index (κ3) is 2.60. The molecule has 1 fully saturated rings. The van der Waals surface area contributed by atoms with Crippen LogP contribution in [0.5, 0.6) is 0 Å². The minimum absolute atomic E-state index is 0.259. The lowest BCUT2D eigenvalue weighted by Gasteiger charge is -2.23. The maximum absolute atomic E-state index is 11.3. The van der Waals surface area contributed by atoms with Crippen LogP contribution in [0.1, 0.15) is 31.2 Å². The van der Waals surface area contributed by atoms with Crippen LogP contribution in [0.4, 0.5) is 5.69 Å². The predicted molar refractivity (Wildman–Crippen MR) is 62.0 cm³/mol. The predicted octanol–water partition coefficient (Wildman–Crippen LogP) is 2.48. The van der Waals surface area contributed by atoms with Gasteiger partial charge in [-0.2, -0.15) is 5.26 Å². The summed E-state index contributed by atoms with van der Waals surface area (Å²) in [6.07, 6.45) is 3.38. The molecular formula is C13H14N2O. The van der Waals surface area contributed by atoms with Crippen molar-refractivity contribution in [3.63, 3.8) is 0 Å². The fourth-order valence-corrected chi connectivity index (χ4v) is 2.02. The van der Waals surface area contributed by atoms with Crippen molar-refractivity contribution in [2.24, 2.45) is 0 Å². The highest BCUT2D eigenvalue weighted by atomic mass is 16.1. The molecule has 3 nitrogen and oxygen atoms in total. The van der Waals surface area contributed by atoms with Gasteiger partial charge < -0.3 is 5.32 Å². The van der Waals surface area contributed by atoms with Crippen LogP contribution < -0.4 is 5.32 Å². The molecule has 1 aromatic rings. The first-order valence-corrected chi connectivity index (χ1v) is 5.56. The highest BCUT2D eigenvalue weighted by molar-refractivity contribution is 5.80. The van der Waals surface area contributed by atoms with Crippen LogP contribution in [0.3, 0.4) is 0 Å². The Morgan fingerprint density at radius 2 is 2.06 bits per heavy atom. The minimum Gasteiger partial charge on any atom is -0.382 e. The lowest BCUT2D eigenvalue weighted by Crippen LogP contribution is -2.27. The Hall–Kier alpha value is -1.82. The lowest BCUT2D eigenvalue weighted by molar-refractivity contribution is -0.120. The first-order valence-electron chi connectivity index (χ1n) is 5.56. The van der Waals surface area contributed by atoms with Gasteiger partial charge in [0.1, 0.15) is 5.78 Å². The molecule has 0 radical (unpaired) electrons. The van der Waals surface area contributed by atoms with Crippen molar-refractivity contribution >= 4 is 11.5 Å². The number of hydrogen-bond donors (Lipinski definition) is 1. The van der Waals surface area contributed by atoms with Gasteiger partial charge in [-0.05, 0) is 37.1 Å². The van der Waals surface area contributed by atoms with E-state index in [0.717, 1.165) is 24.9 Å². The molecule has 0 aromatic heterocycles. The summed E-state index contributed by atoms with van der Waals surface area (Å²) in [4.78, 5) is 11.3. The van der Waals surface area contributed by atoms with E-state index in [4.69, 9.17) is 5.26 Å². The SMILES string of the molecule is N#Cc1ccc(NC2CCCC(=O)C2)cc1. The number of hydrogen-bond acceptors (Lipinski definition) is 3. The average Bonchev–Trinajstić information content (AvgIpc) is 2.30. The summed E-state index contributed by atoms with van der Waals surface area (Å²) in [6.45, 7) is 0. The Labute approximate surface area is 95.1 Å². The summed E-state index contributed by atoms with van der Waals surface area (Å²) >= 11 is 0. The fourth-order valence-electron chi connectivity index (χ4n) is 2.02. The Bertz CT molecular complexity index is 417. The molecule has 0 aliphatic heterocycles. The summed E-state index contributed by atoms with van der Waals surface area (Å²) in [6, 6.07) is 9.68. The van der Waals surface area contributed by atoms with Gasteiger partial charge in [-0.3, -0.25) is 4.79 Å². The van der Waals surface area contributed by atoms with Crippen LogP contribution in [0.15, 0.2) is 24.3 Å². The largest absolute Gasteiger partial charge is 0.382 e. The van der Waals surface area contributed by atoms with Gasteiger partial charge >= 0.3 is 0 Å². The Morgan fingerprint density at radius 3 is 2.69 bits per heavy atom. The Balaban J connectivity index is 1.98. The monoisotopic (exact) mass is 214 g/mol. The topological polar surface area (TPSA) is 52.9 Å². The van der Waals surface area contributed by atoms with Gasteiger partial charge in [-0.1, -0.05) is 0 Å². The smallest absolute Gasteiger partial charge is 0.134 e. The van der Waals surface area contributed by atoms with Crippen molar-refractivity contribution in [3.8, 4) is 6.07 Å². The highest BCUT2D eigenvalue weighted by Crippen LogP contribution is 2.19. The molecule has 0 bridgehead atoms. The molecule has 1 N–H and O–H groups in total. The molecular weight excluding hydrogens is 200 g/mol. The molecule has 0 saturated heterocycles. The quantitative estimate of drug-likeness (QED) is 0.822. The Kier molecular flexibility index (Phi) is 3.21. The van der Waals surface area contributed by atoms with E-state index in [0.29, 0.717) is 17.8 Å². The summed E-state index contributed by atoms with van der Waals surface area (Å²) in [7, 11) is 0. The zero-order valence-corrected chi connectivity index (χ0v) is 9.07. The molecule has 1 saturated carbocycles. The van der Waals surface area contributed by atoms with Gasteiger partial charge in [-0.25, -0.2) is 0 Å². The second kappa shape index (κ2) is 4.80. The van der Waals surface area contributed by atoms with Crippen molar-refractivity contribution < 1.29 is 4.79 Å². The van der Waals surface area contributed by atoms with E-state index in [2.05, 4.69) is 11.4 Å². The number of benzene rings is 1. The first-order chi connectivity index (χ1) is 7.78.